The van der Waals surface area contributed by atoms with E-state index in [-0.39, 0.29) is 25.2 Å². The van der Waals surface area contributed by atoms with Crippen LogP contribution in [0.3, 0.4) is 0 Å². The fourth-order valence-electron chi connectivity index (χ4n) is 2.51. The SMILES string of the molecule is COC1CC(C(=O)O)N(C(=O)COc2ccc(C)c(C)c2)C1. The van der Waals surface area contributed by atoms with Gasteiger partial charge in [-0.15, -0.1) is 0 Å². The summed E-state index contributed by atoms with van der Waals surface area (Å²) in [6.07, 6.45) is 0.0629. The van der Waals surface area contributed by atoms with Crippen LogP contribution in [0.4, 0.5) is 0 Å². The van der Waals surface area contributed by atoms with Crippen LogP contribution in [0, 0.1) is 13.8 Å². The van der Waals surface area contributed by atoms with E-state index in [2.05, 4.69) is 0 Å². The smallest absolute Gasteiger partial charge is 0.326 e. The van der Waals surface area contributed by atoms with Crippen LogP contribution in [0.15, 0.2) is 18.2 Å². The number of aryl methyl sites for hydroxylation is 2. The first-order valence-electron chi connectivity index (χ1n) is 7.17. The largest absolute Gasteiger partial charge is 0.484 e. The summed E-state index contributed by atoms with van der Waals surface area (Å²) in [5.74, 6) is -0.755. The first-order valence-corrected chi connectivity index (χ1v) is 7.17. The zero-order chi connectivity index (χ0) is 16.3. The number of carboxylic acid groups (broad SMARTS) is 1. The molecule has 2 rings (SSSR count). The second kappa shape index (κ2) is 6.79. The molecule has 1 aliphatic heterocycles. The van der Waals surface area contributed by atoms with Gasteiger partial charge in [0.1, 0.15) is 11.8 Å². The highest BCUT2D eigenvalue weighted by Crippen LogP contribution is 2.21. The topological polar surface area (TPSA) is 76.1 Å². The number of rotatable bonds is 5. The van der Waals surface area contributed by atoms with Crippen molar-refractivity contribution >= 4 is 11.9 Å². The monoisotopic (exact) mass is 307 g/mol. The Labute approximate surface area is 129 Å². The molecule has 0 bridgehead atoms. The van der Waals surface area contributed by atoms with E-state index in [9.17, 15) is 14.7 Å². The Morgan fingerprint density at radius 1 is 1.32 bits per heavy atom. The molecule has 0 aromatic heterocycles. The summed E-state index contributed by atoms with van der Waals surface area (Å²) in [5, 5.41) is 9.21. The zero-order valence-corrected chi connectivity index (χ0v) is 13.0. The van der Waals surface area contributed by atoms with E-state index in [1.54, 1.807) is 6.07 Å². The predicted octanol–water partition coefficient (Wildman–Crippen LogP) is 1.38. The molecule has 1 N–H and O–H groups in total. The Morgan fingerprint density at radius 2 is 2.05 bits per heavy atom. The number of aliphatic carboxylic acids is 1. The lowest BCUT2D eigenvalue weighted by Gasteiger charge is -2.21. The van der Waals surface area contributed by atoms with Crippen LogP contribution in [-0.4, -0.2) is 54.3 Å². The number of benzene rings is 1. The Bertz CT molecular complexity index is 572. The maximum Gasteiger partial charge on any atom is 0.326 e. The summed E-state index contributed by atoms with van der Waals surface area (Å²) in [6.45, 7) is 4.07. The molecule has 1 aliphatic rings. The standard InChI is InChI=1S/C16H21NO5/c1-10-4-5-12(6-11(10)2)22-9-15(18)17-8-13(21-3)7-14(17)16(19)20/h4-6,13-14H,7-9H2,1-3H3,(H,19,20). The molecule has 1 fully saturated rings. The van der Waals surface area contributed by atoms with Gasteiger partial charge in [0.2, 0.25) is 0 Å². The lowest BCUT2D eigenvalue weighted by atomic mass is 10.1. The summed E-state index contributed by atoms with van der Waals surface area (Å²) >= 11 is 0. The van der Waals surface area contributed by atoms with Crippen molar-refractivity contribution in [3.05, 3.63) is 29.3 Å². The molecule has 2 atom stereocenters. The Hall–Kier alpha value is -2.08. The highest BCUT2D eigenvalue weighted by molar-refractivity contribution is 5.85. The van der Waals surface area contributed by atoms with Crippen molar-refractivity contribution < 1.29 is 24.2 Å². The van der Waals surface area contributed by atoms with Gasteiger partial charge >= 0.3 is 5.97 Å². The van der Waals surface area contributed by atoms with Crippen molar-refractivity contribution in [2.45, 2.75) is 32.4 Å². The van der Waals surface area contributed by atoms with Gasteiger partial charge in [-0.3, -0.25) is 4.79 Å². The van der Waals surface area contributed by atoms with Gasteiger partial charge < -0.3 is 19.5 Å². The summed E-state index contributed by atoms with van der Waals surface area (Å²) in [5.41, 5.74) is 2.22. The third-order valence-electron chi connectivity index (χ3n) is 4.04. The third-order valence-corrected chi connectivity index (χ3v) is 4.04. The lowest BCUT2D eigenvalue weighted by Crippen LogP contribution is -2.43. The Balaban J connectivity index is 1.98. The van der Waals surface area contributed by atoms with Gasteiger partial charge in [-0.05, 0) is 37.1 Å². The molecule has 1 saturated heterocycles. The molecular weight excluding hydrogens is 286 g/mol. The molecule has 1 aromatic carbocycles. The minimum Gasteiger partial charge on any atom is -0.484 e. The number of carbonyl (C=O) groups is 2. The Morgan fingerprint density at radius 3 is 2.64 bits per heavy atom. The van der Waals surface area contributed by atoms with Crippen molar-refractivity contribution in [1.29, 1.82) is 0 Å². The van der Waals surface area contributed by atoms with Crippen LogP contribution in [-0.2, 0) is 14.3 Å². The van der Waals surface area contributed by atoms with E-state index in [1.165, 1.54) is 12.0 Å². The summed E-state index contributed by atoms with van der Waals surface area (Å²) in [6, 6.07) is 4.73. The number of hydrogen-bond acceptors (Lipinski definition) is 4. The maximum atomic E-state index is 12.2. The summed E-state index contributed by atoms with van der Waals surface area (Å²) in [4.78, 5) is 24.8. The van der Waals surface area contributed by atoms with Gasteiger partial charge in [0.15, 0.2) is 6.61 Å². The van der Waals surface area contributed by atoms with Crippen LogP contribution in [0.5, 0.6) is 5.75 Å². The number of ether oxygens (including phenoxy) is 2. The van der Waals surface area contributed by atoms with Crippen molar-refractivity contribution in [2.75, 3.05) is 20.3 Å². The van der Waals surface area contributed by atoms with Crippen molar-refractivity contribution in [1.82, 2.24) is 4.90 Å². The summed E-state index contributed by atoms with van der Waals surface area (Å²) in [7, 11) is 1.52. The molecule has 1 aromatic rings. The van der Waals surface area contributed by atoms with Crippen LogP contribution >= 0.6 is 0 Å². The van der Waals surface area contributed by atoms with Gasteiger partial charge in [0.05, 0.1) is 6.10 Å². The predicted molar refractivity (Wildman–Crippen MR) is 80.0 cm³/mol. The summed E-state index contributed by atoms with van der Waals surface area (Å²) < 4.78 is 10.7. The number of amides is 1. The maximum absolute atomic E-state index is 12.2. The van der Waals surface area contributed by atoms with Gasteiger partial charge in [0, 0.05) is 20.1 Å². The molecule has 1 amide bonds. The van der Waals surface area contributed by atoms with Crippen LogP contribution < -0.4 is 4.74 Å². The van der Waals surface area contributed by atoms with Gasteiger partial charge in [-0.2, -0.15) is 0 Å². The lowest BCUT2D eigenvalue weighted by molar-refractivity contribution is -0.148. The van der Waals surface area contributed by atoms with Crippen LogP contribution in [0.2, 0.25) is 0 Å². The fourth-order valence-corrected chi connectivity index (χ4v) is 2.51. The number of likely N-dealkylation sites (tertiary alicyclic amines) is 1. The normalized spacial score (nSPS) is 21.0. The molecule has 22 heavy (non-hydrogen) atoms. The zero-order valence-electron chi connectivity index (χ0n) is 13.0. The van der Waals surface area contributed by atoms with Gasteiger partial charge in [-0.25, -0.2) is 4.79 Å². The first kappa shape index (κ1) is 16.3. The number of carboxylic acids is 1. The van der Waals surface area contributed by atoms with Crippen LogP contribution in [0.25, 0.3) is 0 Å². The Kier molecular flexibility index (Phi) is 5.03. The number of hydrogen-bond donors (Lipinski definition) is 1. The molecule has 0 saturated carbocycles. The number of carbonyl (C=O) groups excluding carboxylic acids is 1. The van der Waals surface area contributed by atoms with Crippen molar-refractivity contribution in [2.24, 2.45) is 0 Å². The molecular formula is C16H21NO5. The minimum atomic E-state index is -1.01. The quantitative estimate of drug-likeness (QED) is 0.889. The second-order valence-electron chi connectivity index (χ2n) is 5.53. The number of methoxy groups -OCH3 is 1. The highest BCUT2D eigenvalue weighted by Gasteiger charge is 2.39. The average molecular weight is 307 g/mol. The van der Waals surface area contributed by atoms with E-state index in [0.717, 1.165) is 11.1 Å². The van der Waals surface area contributed by atoms with E-state index >= 15 is 0 Å². The first-order chi connectivity index (χ1) is 10.4. The van der Waals surface area contributed by atoms with E-state index in [0.29, 0.717) is 12.2 Å². The molecule has 2 unspecified atom stereocenters. The van der Waals surface area contributed by atoms with Crippen molar-refractivity contribution in [3.63, 3.8) is 0 Å². The second-order valence-corrected chi connectivity index (χ2v) is 5.53. The molecule has 0 aliphatic carbocycles. The number of nitrogens with zero attached hydrogens (tertiary/aromatic N) is 1. The molecule has 0 radical (unpaired) electrons. The highest BCUT2D eigenvalue weighted by atomic mass is 16.5. The molecule has 0 spiro atoms. The van der Waals surface area contributed by atoms with E-state index < -0.39 is 12.0 Å². The molecule has 1 heterocycles. The minimum absolute atomic E-state index is 0.178. The molecule has 6 heteroatoms. The third kappa shape index (κ3) is 3.57. The van der Waals surface area contributed by atoms with E-state index in [4.69, 9.17) is 9.47 Å². The average Bonchev–Trinajstić information content (AvgIpc) is 2.93. The van der Waals surface area contributed by atoms with Crippen molar-refractivity contribution in [3.8, 4) is 5.75 Å². The van der Waals surface area contributed by atoms with Gasteiger partial charge in [-0.1, -0.05) is 6.07 Å². The van der Waals surface area contributed by atoms with Crippen LogP contribution in [0.1, 0.15) is 17.5 Å². The molecule has 120 valence electrons. The van der Waals surface area contributed by atoms with E-state index in [1.807, 2.05) is 26.0 Å². The van der Waals surface area contributed by atoms with Gasteiger partial charge in [0.25, 0.3) is 5.91 Å². The fraction of sp³-hybridized carbons (Fsp3) is 0.500. The molecule has 6 nitrogen and oxygen atoms in total.